The fourth-order valence-corrected chi connectivity index (χ4v) is 1.21. The molecule has 1 amide bonds. The first-order valence-corrected chi connectivity index (χ1v) is 5.41. The Morgan fingerprint density at radius 2 is 2.24 bits per heavy atom. The minimum atomic E-state index is -0.447. The summed E-state index contributed by atoms with van der Waals surface area (Å²) in [7, 11) is 0. The number of hydrogen-bond donors (Lipinski definition) is 2. The van der Waals surface area contributed by atoms with Crippen LogP contribution in [0.1, 0.15) is 13.8 Å². The Kier molecular flexibility index (Phi) is 4.90. The second kappa shape index (κ2) is 6.20. The van der Waals surface area contributed by atoms with Gasteiger partial charge in [-0.15, -0.1) is 0 Å². The number of carbonyl (C=O) groups excluding carboxylic acids is 1. The maximum atomic E-state index is 12.9. The van der Waals surface area contributed by atoms with Crippen molar-refractivity contribution in [2.75, 3.05) is 24.3 Å². The smallest absolute Gasteiger partial charge is 0.250 e. The summed E-state index contributed by atoms with van der Waals surface area (Å²) in [5.41, 5.74) is 6.18. The van der Waals surface area contributed by atoms with Crippen molar-refractivity contribution in [3.63, 3.8) is 0 Å². The van der Waals surface area contributed by atoms with Crippen LogP contribution in [0.3, 0.4) is 0 Å². The molecule has 0 saturated heterocycles. The number of nitrogens with two attached hydrogens (primary N) is 1. The number of amides is 1. The Morgan fingerprint density at radius 1 is 1.53 bits per heavy atom. The molecule has 1 aromatic rings. The molecule has 0 radical (unpaired) electrons. The lowest BCUT2D eigenvalue weighted by atomic mass is 10.2. The van der Waals surface area contributed by atoms with Gasteiger partial charge in [-0.25, -0.2) is 4.39 Å². The Bertz CT molecular complexity index is 394. The fraction of sp³-hybridized carbons (Fsp3) is 0.417. The van der Waals surface area contributed by atoms with Crippen LogP contribution in [-0.4, -0.2) is 19.1 Å². The highest BCUT2D eigenvalue weighted by molar-refractivity contribution is 5.94. The largest absolute Gasteiger partial charge is 0.397 e. The third-order valence-corrected chi connectivity index (χ3v) is 1.97. The Hall–Kier alpha value is -1.62. The van der Waals surface area contributed by atoms with Gasteiger partial charge in [-0.3, -0.25) is 4.79 Å². The van der Waals surface area contributed by atoms with E-state index in [2.05, 4.69) is 5.32 Å². The van der Waals surface area contributed by atoms with Gasteiger partial charge in [0.1, 0.15) is 12.4 Å². The second-order valence-electron chi connectivity index (χ2n) is 4.19. The van der Waals surface area contributed by atoms with Crippen LogP contribution in [-0.2, 0) is 9.53 Å². The first-order valence-electron chi connectivity index (χ1n) is 5.41. The van der Waals surface area contributed by atoms with E-state index in [0.29, 0.717) is 18.2 Å². The monoisotopic (exact) mass is 240 g/mol. The average molecular weight is 240 g/mol. The summed E-state index contributed by atoms with van der Waals surface area (Å²) in [6, 6.07) is 3.82. The number of rotatable bonds is 5. The SMILES string of the molecule is CC(C)COCC(=O)Nc1cc(F)ccc1N. The third kappa shape index (κ3) is 4.82. The second-order valence-corrected chi connectivity index (χ2v) is 4.19. The number of halogens is 1. The minimum Gasteiger partial charge on any atom is -0.397 e. The molecule has 4 nitrogen and oxygen atoms in total. The van der Waals surface area contributed by atoms with Crippen molar-refractivity contribution in [2.24, 2.45) is 5.92 Å². The van der Waals surface area contributed by atoms with Crippen LogP contribution in [0.2, 0.25) is 0 Å². The number of hydrogen-bond acceptors (Lipinski definition) is 3. The lowest BCUT2D eigenvalue weighted by Gasteiger charge is -2.09. The molecule has 94 valence electrons. The summed E-state index contributed by atoms with van der Waals surface area (Å²) in [4.78, 5) is 11.4. The molecule has 0 aliphatic rings. The molecule has 3 N–H and O–H groups in total. The molecule has 0 aliphatic heterocycles. The van der Waals surface area contributed by atoms with E-state index < -0.39 is 5.82 Å². The van der Waals surface area contributed by atoms with Gasteiger partial charge in [0.05, 0.1) is 11.4 Å². The van der Waals surface area contributed by atoms with Crippen molar-refractivity contribution in [3.05, 3.63) is 24.0 Å². The van der Waals surface area contributed by atoms with Crippen LogP contribution in [0.5, 0.6) is 0 Å². The van der Waals surface area contributed by atoms with Gasteiger partial charge in [0, 0.05) is 6.61 Å². The molecule has 0 aliphatic carbocycles. The standard InChI is InChI=1S/C12H17FN2O2/c1-8(2)6-17-7-12(16)15-11-5-9(13)3-4-10(11)14/h3-5,8H,6-7,14H2,1-2H3,(H,15,16). The lowest BCUT2D eigenvalue weighted by Crippen LogP contribution is -2.20. The Labute approximate surface area is 100.0 Å². The molecule has 0 spiro atoms. The van der Waals surface area contributed by atoms with E-state index in [9.17, 15) is 9.18 Å². The number of benzene rings is 1. The molecule has 0 aromatic heterocycles. The maximum Gasteiger partial charge on any atom is 0.250 e. The van der Waals surface area contributed by atoms with Gasteiger partial charge in [-0.2, -0.15) is 0 Å². The highest BCUT2D eigenvalue weighted by Gasteiger charge is 2.07. The zero-order chi connectivity index (χ0) is 12.8. The van der Waals surface area contributed by atoms with Crippen LogP contribution in [0.25, 0.3) is 0 Å². The van der Waals surface area contributed by atoms with Crippen LogP contribution in [0.4, 0.5) is 15.8 Å². The number of ether oxygens (including phenoxy) is 1. The van der Waals surface area contributed by atoms with Gasteiger partial charge in [0.25, 0.3) is 0 Å². The van der Waals surface area contributed by atoms with Crippen LogP contribution in [0.15, 0.2) is 18.2 Å². The summed E-state index contributed by atoms with van der Waals surface area (Å²) in [6.45, 7) is 4.42. The summed E-state index contributed by atoms with van der Waals surface area (Å²) in [5, 5.41) is 2.50. The predicted octanol–water partition coefficient (Wildman–Crippen LogP) is 2.02. The minimum absolute atomic E-state index is 0.0614. The van der Waals surface area contributed by atoms with E-state index in [1.54, 1.807) is 0 Å². The summed E-state index contributed by atoms with van der Waals surface area (Å²) >= 11 is 0. The predicted molar refractivity (Wildman–Crippen MR) is 65.1 cm³/mol. The van der Waals surface area contributed by atoms with Gasteiger partial charge in [-0.1, -0.05) is 13.8 Å². The number of carbonyl (C=O) groups is 1. The van der Waals surface area contributed by atoms with Crippen LogP contribution >= 0.6 is 0 Å². The molecule has 1 aromatic carbocycles. The molecule has 0 heterocycles. The van der Waals surface area contributed by atoms with Crippen molar-refractivity contribution in [1.82, 2.24) is 0 Å². The number of anilines is 2. The molecule has 0 bridgehead atoms. The zero-order valence-corrected chi connectivity index (χ0v) is 10.00. The number of nitrogens with one attached hydrogen (secondary N) is 1. The molecule has 0 atom stereocenters. The lowest BCUT2D eigenvalue weighted by molar-refractivity contribution is -0.120. The van der Waals surface area contributed by atoms with Crippen molar-refractivity contribution in [2.45, 2.75) is 13.8 Å². The van der Waals surface area contributed by atoms with E-state index in [-0.39, 0.29) is 18.2 Å². The molecule has 0 saturated carbocycles. The molecule has 0 fully saturated rings. The molecule has 5 heteroatoms. The van der Waals surface area contributed by atoms with Crippen molar-refractivity contribution in [3.8, 4) is 0 Å². The van der Waals surface area contributed by atoms with E-state index in [4.69, 9.17) is 10.5 Å². The zero-order valence-electron chi connectivity index (χ0n) is 10.00. The number of nitrogen functional groups attached to an aromatic ring is 1. The Balaban J connectivity index is 2.47. The van der Waals surface area contributed by atoms with Crippen molar-refractivity contribution >= 4 is 17.3 Å². The van der Waals surface area contributed by atoms with E-state index >= 15 is 0 Å². The summed E-state index contributed by atoms with van der Waals surface area (Å²) in [5.74, 6) is -0.428. The fourth-order valence-electron chi connectivity index (χ4n) is 1.21. The first-order chi connectivity index (χ1) is 7.99. The third-order valence-electron chi connectivity index (χ3n) is 1.97. The van der Waals surface area contributed by atoms with Crippen LogP contribution in [0, 0.1) is 11.7 Å². The molecular formula is C12H17FN2O2. The van der Waals surface area contributed by atoms with E-state index in [0.717, 1.165) is 0 Å². The summed E-state index contributed by atoms with van der Waals surface area (Å²) in [6.07, 6.45) is 0. The normalized spacial score (nSPS) is 10.6. The highest BCUT2D eigenvalue weighted by Crippen LogP contribution is 2.18. The van der Waals surface area contributed by atoms with E-state index in [1.165, 1.54) is 18.2 Å². The van der Waals surface area contributed by atoms with E-state index in [1.807, 2.05) is 13.8 Å². The Morgan fingerprint density at radius 3 is 2.88 bits per heavy atom. The molecule has 17 heavy (non-hydrogen) atoms. The molecule has 1 rings (SSSR count). The van der Waals surface area contributed by atoms with Crippen molar-refractivity contribution < 1.29 is 13.9 Å². The molecular weight excluding hydrogens is 223 g/mol. The quantitative estimate of drug-likeness (QED) is 0.774. The van der Waals surface area contributed by atoms with Gasteiger partial charge >= 0.3 is 0 Å². The molecule has 0 unspecified atom stereocenters. The first kappa shape index (κ1) is 13.4. The van der Waals surface area contributed by atoms with Crippen molar-refractivity contribution in [1.29, 1.82) is 0 Å². The highest BCUT2D eigenvalue weighted by atomic mass is 19.1. The topological polar surface area (TPSA) is 64.3 Å². The average Bonchev–Trinajstić information content (AvgIpc) is 2.23. The van der Waals surface area contributed by atoms with Gasteiger partial charge in [0.15, 0.2) is 0 Å². The summed E-state index contributed by atoms with van der Waals surface area (Å²) < 4.78 is 18.1. The van der Waals surface area contributed by atoms with Crippen LogP contribution < -0.4 is 11.1 Å². The maximum absolute atomic E-state index is 12.9. The van der Waals surface area contributed by atoms with Gasteiger partial charge in [-0.05, 0) is 24.1 Å². The van der Waals surface area contributed by atoms with Gasteiger partial charge in [0.2, 0.25) is 5.91 Å². The van der Waals surface area contributed by atoms with Gasteiger partial charge < -0.3 is 15.8 Å².